The van der Waals surface area contributed by atoms with Crippen molar-refractivity contribution in [1.82, 2.24) is 4.57 Å². The van der Waals surface area contributed by atoms with E-state index in [0.717, 1.165) is 28.9 Å². The van der Waals surface area contributed by atoms with Gasteiger partial charge in [-0.3, -0.25) is 4.79 Å². The van der Waals surface area contributed by atoms with Crippen molar-refractivity contribution in [3.8, 4) is 18.0 Å². The van der Waals surface area contributed by atoms with Gasteiger partial charge in [-0.05, 0) is 32.0 Å². The van der Waals surface area contributed by atoms with Gasteiger partial charge < -0.3 is 4.57 Å². The summed E-state index contributed by atoms with van der Waals surface area (Å²) in [6.45, 7) is 3.89. The van der Waals surface area contributed by atoms with Gasteiger partial charge in [-0.2, -0.15) is 0 Å². The molecular weight excluding hydrogens is 210 g/mol. The molecule has 0 saturated heterocycles. The summed E-state index contributed by atoms with van der Waals surface area (Å²) in [7, 11) is 0. The molecule has 0 spiro atoms. The number of nitrogens with zero attached hydrogens (tertiary/aromatic N) is 1. The third-order valence-electron chi connectivity index (χ3n) is 2.90. The highest BCUT2D eigenvalue weighted by Gasteiger charge is 2.11. The number of terminal acetylenes is 1. The summed E-state index contributed by atoms with van der Waals surface area (Å²) in [5.41, 5.74) is 4.40. The number of hydrogen-bond donors (Lipinski definition) is 0. The SMILES string of the molecule is C#Cc1ccccc1-n1c(C)cc(C=O)c1C. The standard InChI is InChI=1S/C15H13NO/c1-4-13-7-5-6-8-15(13)16-11(2)9-14(10-17)12(16)3/h1,5-10H,2-3H3. The lowest BCUT2D eigenvalue weighted by Gasteiger charge is -2.11. The van der Waals surface area contributed by atoms with E-state index in [1.54, 1.807) is 0 Å². The lowest BCUT2D eigenvalue weighted by Crippen LogP contribution is -2.01. The average molecular weight is 223 g/mol. The lowest BCUT2D eigenvalue weighted by molar-refractivity contribution is 0.112. The highest BCUT2D eigenvalue weighted by Crippen LogP contribution is 2.22. The first-order chi connectivity index (χ1) is 8.19. The van der Waals surface area contributed by atoms with Gasteiger partial charge in [-0.1, -0.05) is 18.1 Å². The van der Waals surface area contributed by atoms with Crippen molar-refractivity contribution in [2.45, 2.75) is 13.8 Å². The zero-order valence-corrected chi connectivity index (χ0v) is 9.90. The molecule has 17 heavy (non-hydrogen) atoms. The van der Waals surface area contributed by atoms with E-state index in [4.69, 9.17) is 6.42 Å². The summed E-state index contributed by atoms with van der Waals surface area (Å²) < 4.78 is 2.01. The molecule has 0 saturated carbocycles. The molecule has 0 radical (unpaired) electrons. The Morgan fingerprint density at radius 1 is 1.29 bits per heavy atom. The number of aldehydes is 1. The van der Waals surface area contributed by atoms with Crippen molar-refractivity contribution < 1.29 is 4.79 Å². The van der Waals surface area contributed by atoms with Gasteiger partial charge in [0.15, 0.2) is 6.29 Å². The third kappa shape index (κ3) is 1.76. The number of aromatic nitrogens is 1. The van der Waals surface area contributed by atoms with Crippen LogP contribution >= 0.6 is 0 Å². The molecule has 0 unspecified atom stereocenters. The van der Waals surface area contributed by atoms with E-state index in [9.17, 15) is 4.79 Å². The molecule has 0 amide bonds. The molecule has 84 valence electrons. The maximum absolute atomic E-state index is 10.9. The maximum atomic E-state index is 10.9. The van der Waals surface area contributed by atoms with E-state index in [1.165, 1.54) is 0 Å². The minimum absolute atomic E-state index is 0.703. The van der Waals surface area contributed by atoms with Crippen LogP contribution in [0.15, 0.2) is 30.3 Å². The molecule has 2 aromatic rings. The van der Waals surface area contributed by atoms with E-state index in [2.05, 4.69) is 5.92 Å². The van der Waals surface area contributed by atoms with Gasteiger partial charge in [0.25, 0.3) is 0 Å². The van der Waals surface area contributed by atoms with Gasteiger partial charge in [-0.15, -0.1) is 6.42 Å². The van der Waals surface area contributed by atoms with Crippen LogP contribution in [0.4, 0.5) is 0 Å². The third-order valence-corrected chi connectivity index (χ3v) is 2.90. The summed E-state index contributed by atoms with van der Waals surface area (Å²) >= 11 is 0. The second kappa shape index (κ2) is 4.31. The van der Waals surface area contributed by atoms with E-state index >= 15 is 0 Å². The minimum Gasteiger partial charge on any atom is -0.317 e. The molecule has 1 aromatic heterocycles. The van der Waals surface area contributed by atoms with Gasteiger partial charge in [0.05, 0.1) is 5.69 Å². The van der Waals surface area contributed by atoms with Crippen molar-refractivity contribution >= 4 is 6.29 Å². The molecule has 2 rings (SSSR count). The highest BCUT2D eigenvalue weighted by atomic mass is 16.1. The number of aryl methyl sites for hydroxylation is 1. The molecule has 0 aliphatic carbocycles. The molecule has 1 aromatic carbocycles. The first-order valence-corrected chi connectivity index (χ1v) is 5.39. The fourth-order valence-electron chi connectivity index (χ4n) is 2.07. The van der Waals surface area contributed by atoms with Gasteiger partial charge in [0.2, 0.25) is 0 Å². The smallest absolute Gasteiger partial charge is 0.151 e. The molecule has 0 N–H and O–H groups in total. The molecule has 0 fully saturated rings. The van der Waals surface area contributed by atoms with Gasteiger partial charge >= 0.3 is 0 Å². The number of carbonyl (C=O) groups excluding carboxylic acids is 1. The Bertz CT molecular complexity index is 614. The molecular formula is C15H13NO. The minimum atomic E-state index is 0.703. The topological polar surface area (TPSA) is 22.0 Å². The summed E-state index contributed by atoms with van der Waals surface area (Å²) in [5, 5.41) is 0. The van der Waals surface area contributed by atoms with Gasteiger partial charge in [-0.25, -0.2) is 0 Å². The summed E-state index contributed by atoms with van der Waals surface area (Å²) in [5.74, 6) is 2.67. The lowest BCUT2D eigenvalue weighted by atomic mass is 10.2. The van der Waals surface area contributed by atoms with Crippen LogP contribution in [-0.4, -0.2) is 10.9 Å². The number of para-hydroxylation sites is 1. The highest BCUT2D eigenvalue weighted by molar-refractivity contribution is 5.78. The molecule has 1 heterocycles. The zero-order chi connectivity index (χ0) is 12.4. The molecule has 2 nitrogen and oxygen atoms in total. The molecule has 0 aliphatic rings. The Morgan fingerprint density at radius 3 is 2.59 bits per heavy atom. The molecule has 0 aliphatic heterocycles. The monoisotopic (exact) mass is 223 g/mol. The second-order valence-corrected chi connectivity index (χ2v) is 3.94. The Balaban J connectivity index is 2.73. The molecule has 2 heteroatoms. The van der Waals surface area contributed by atoms with Crippen LogP contribution in [0, 0.1) is 26.2 Å². The fraction of sp³-hybridized carbons (Fsp3) is 0.133. The number of rotatable bonds is 2. The van der Waals surface area contributed by atoms with Crippen LogP contribution in [0.25, 0.3) is 5.69 Å². The quantitative estimate of drug-likeness (QED) is 0.566. The average Bonchev–Trinajstić information content (AvgIpc) is 2.64. The number of carbonyl (C=O) groups is 1. The predicted molar refractivity (Wildman–Crippen MR) is 68.6 cm³/mol. The van der Waals surface area contributed by atoms with Crippen LogP contribution in [-0.2, 0) is 0 Å². The fourth-order valence-corrected chi connectivity index (χ4v) is 2.07. The largest absolute Gasteiger partial charge is 0.317 e. The Hall–Kier alpha value is -2.27. The zero-order valence-electron chi connectivity index (χ0n) is 9.90. The van der Waals surface area contributed by atoms with Crippen molar-refractivity contribution in [3.05, 3.63) is 52.8 Å². The Morgan fingerprint density at radius 2 is 2.00 bits per heavy atom. The summed E-state index contributed by atoms with van der Waals surface area (Å²) in [4.78, 5) is 10.9. The second-order valence-electron chi connectivity index (χ2n) is 3.94. The van der Waals surface area contributed by atoms with Gasteiger partial charge in [0.1, 0.15) is 0 Å². The first kappa shape index (κ1) is 11.2. The van der Waals surface area contributed by atoms with Crippen LogP contribution < -0.4 is 0 Å². The normalized spacial score (nSPS) is 9.94. The van der Waals surface area contributed by atoms with Crippen LogP contribution in [0.5, 0.6) is 0 Å². The Labute approximate surface area is 101 Å². The summed E-state index contributed by atoms with van der Waals surface area (Å²) in [6, 6.07) is 9.58. The van der Waals surface area contributed by atoms with Crippen LogP contribution in [0.2, 0.25) is 0 Å². The predicted octanol–water partition coefficient (Wildman–Crippen LogP) is 2.89. The van der Waals surface area contributed by atoms with Crippen molar-refractivity contribution in [3.63, 3.8) is 0 Å². The van der Waals surface area contributed by atoms with E-state index in [0.29, 0.717) is 5.56 Å². The van der Waals surface area contributed by atoms with Gasteiger partial charge in [0, 0.05) is 22.5 Å². The number of benzene rings is 1. The van der Waals surface area contributed by atoms with Crippen molar-refractivity contribution in [2.75, 3.05) is 0 Å². The van der Waals surface area contributed by atoms with Crippen LogP contribution in [0.1, 0.15) is 27.3 Å². The maximum Gasteiger partial charge on any atom is 0.151 e. The van der Waals surface area contributed by atoms with E-state index in [1.807, 2.05) is 48.7 Å². The van der Waals surface area contributed by atoms with Crippen molar-refractivity contribution in [2.24, 2.45) is 0 Å². The van der Waals surface area contributed by atoms with E-state index < -0.39 is 0 Å². The van der Waals surface area contributed by atoms with Crippen molar-refractivity contribution in [1.29, 1.82) is 0 Å². The molecule has 0 bridgehead atoms. The number of hydrogen-bond acceptors (Lipinski definition) is 1. The van der Waals surface area contributed by atoms with Crippen LogP contribution in [0.3, 0.4) is 0 Å². The molecule has 0 atom stereocenters. The van der Waals surface area contributed by atoms with E-state index in [-0.39, 0.29) is 0 Å². The first-order valence-electron chi connectivity index (χ1n) is 5.39. The summed E-state index contributed by atoms with van der Waals surface area (Å²) in [6.07, 6.45) is 6.37. The Kier molecular flexibility index (Phi) is 2.84.